The van der Waals surface area contributed by atoms with Crippen LogP contribution in [0.2, 0.25) is 0 Å². The maximum atomic E-state index is 12.3. The van der Waals surface area contributed by atoms with E-state index in [-0.39, 0.29) is 5.91 Å². The summed E-state index contributed by atoms with van der Waals surface area (Å²) in [6.07, 6.45) is 1.98. The Morgan fingerprint density at radius 1 is 1.29 bits per heavy atom. The Kier molecular flexibility index (Phi) is 4.50. The van der Waals surface area contributed by atoms with Crippen molar-refractivity contribution in [1.82, 2.24) is 0 Å². The van der Waals surface area contributed by atoms with Crippen LogP contribution in [0.15, 0.2) is 24.3 Å². The van der Waals surface area contributed by atoms with Gasteiger partial charge in [-0.1, -0.05) is 6.07 Å². The van der Waals surface area contributed by atoms with Crippen LogP contribution in [0, 0.1) is 0 Å². The van der Waals surface area contributed by atoms with E-state index < -0.39 is 15.6 Å². The fourth-order valence-electron chi connectivity index (χ4n) is 2.09. The van der Waals surface area contributed by atoms with E-state index in [4.69, 9.17) is 10.5 Å². The quantitative estimate of drug-likeness (QED) is 0.750. The number of sulfonamides is 1. The van der Waals surface area contributed by atoms with Crippen molar-refractivity contribution < 1.29 is 17.9 Å². The van der Waals surface area contributed by atoms with E-state index in [2.05, 4.69) is 10.0 Å². The summed E-state index contributed by atoms with van der Waals surface area (Å²) in [5.41, 5.74) is 6.01. The van der Waals surface area contributed by atoms with Crippen LogP contribution in [-0.2, 0) is 19.6 Å². The second kappa shape index (κ2) is 6.00. The first-order chi connectivity index (χ1) is 9.78. The molecule has 8 heteroatoms. The van der Waals surface area contributed by atoms with Crippen molar-refractivity contribution in [1.29, 1.82) is 0 Å². The number of ether oxygens (including phenoxy) is 1. The van der Waals surface area contributed by atoms with E-state index in [0.717, 1.165) is 6.26 Å². The second-order valence-corrected chi connectivity index (χ2v) is 6.93. The number of carbonyl (C=O) groups is 1. The van der Waals surface area contributed by atoms with Crippen LogP contribution in [0.5, 0.6) is 0 Å². The van der Waals surface area contributed by atoms with Crippen molar-refractivity contribution in [3.8, 4) is 0 Å². The summed E-state index contributed by atoms with van der Waals surface area (Å²) in [4.78, 5) is 12.3. The Balaban J connectivity index is 2.09. The molecule has 116 valence electrons. The zero-order chi connectivity index (χ0) is 15.5. The van der Waals surface area contributed by atoms with E-state index in [0.29, 0.717) is 37.4 Å². The lowest BCUT2D eigenvalue weighted by Gasteiger charge is -2.31. The first-order valence-electron chi connectivity index (χ1n) is 6.54. The molecule has 0 bridgehead atoms. The average Bonchev–Trinajstić information content (AvgIpc) is 2.38. The lowest BCUT2D eigenvalue weighted by atomic mass is 9.90. The van der Waals surface area contributed by atoms with Gasteiger partial charge in [-0.2, -0.15) is 0 Å². The molecule has 0 saturated carbocycles. The molecule has 0 spiro atoms. The molecule has 1 aromatic rings. The van der Waals surface area contributed by atoms with E-state index >= 15 is 0 Å². The highest BCUT2D eigenvalue weighted by Gasteiger charge is 2.35. The van der Waals surface area contributed by atoms with E-state index in [1.54, 1.807) is 24.3 Å². The van der Waals surface area contributed by atoms with Crippen molar-refractivity contribution in [2.75, 3.05) is 29.5 Å². The van der Waals surface area contributed by atoms with Gasteiger partial charge in [0.05, 0.1) is 11.9 Å². The minimum Gasteiger partial charge on any atom is -0.381 e. The predicted octanol–water partition coefficient (Wildman–Crippen LogP) is 0.504. The molecule has 1 aromatic carbocycles. The normalized spacial score (nSPS) is 18.0. The average molecular weight is 313 g/mol. The first-order valence-corrected chi connectivity index (χ1v) is 8.44. The Hall–Kier alpha value is -1.64. The van der Waals surface area contributed by atoms with Crippen molar-refractivity contribution in [2.45, 2.75) is 18.4 Å². The molecule has 4 N–H and O–H groups in total. The van der Waals surface area contributed by atoms with Crippen LogP contribution >= 0.6 is 0 Å². The lowest BCUT2D eigenvalue weighted by Crippen LogP contribution is -2.54. The van der Waals surface area contributed by atoms with E-state index in [1.807, 2.05) is 0 Å². The maximum absolute atomic E-state index is 12.3. The molecule has 0 atom stereocenters. The number of hydrogen-bond donors (Lipinski definition) is 3. The number of rotatable bonds is 4. The minimum atomic E-state index is -3.36. The van der Waals surface area contributed by atoms with Crippen LogP contribution in [0.3, 0.4) is 0 Å². The van der Waals surface area contributed by atoms with Crippen LogP contribution < -0.4 is 15.8 Å². The topological polar surface area (TPSA) is 111 Å². The molecule has 21 heavy (non-hydrogen) atoms. The number of hydrogen-bond acceptors (Lipinski definition) is 5. The summed E-state index contributed by atoms with van der Waals surface area (Å²) in [5.74, 6) is -0.290. The molecule has 1 saturated heterocycles. The molecule has 1 heterocycles. The Labute approximate surface area is 123 Å². The van der Waals surface area contributed by atoms with Gasteiger partial charge in [-0.15, -0.1) is 0 Å². The third kappa shape index (κ3) is 4.42. The molecule has 2 rings (SSSR count). The fourth-order valence-corrected chi connectivity index (χ4v) is 2.65. The minimum absolute atomic E-state index is 0.290. The van der Waals surface area contributed by atoms with Gasteiger partial charge in [0.15, 0.2) is 0 Å². The van der Waals surface area contributed by atoms with Crippen LogP contribution in [-0.4, -0.2) is 39.3 Å². The molecule has 1 fully saturated rings. The van der Waals surface area contributed by atoms with E-state index in [9.17, 15) is 13.2 Å². The third-order valence-electron chi connectivity index (χ3n) is 3.26. The summed E-state index contributed by atoms with van der Waals surface area (Å²) in [7, 11) is -3.36. The molecular weight excluding hydrogens is 294 g/mol. The smallest absolute Gasteiger partial charge is 0.244 e. The predicted molar refractivity (Wildman–Crippen MR) is 80.5 cm³/mol. The first kappa shape index (κ1) is 15.7. The van der Waals surface area contributed by atoms with Crippen LogP contribution in [0.1, 0.15) is 12.8 Å². The van der Waals surface area contributed by atoms with Crippen molar-refractivity contribution in [3.05, 3.63) is 24.3 Å². The summed E-state index contributed by atoms with van der Waals surface area (Å²) in [6, 6.07) is 6.47. The SMILES string of the molecule is CS(=O)(=O)Nc1cccc(NC(=O)C2(N)CCOCC2)c1. The number of nitrogens with one attached hydrogen (secondary N) is 2. The van der Waals surface area contributed by atoms with Crippen molar-refractivity contribution in [2.24, 2.45) is 5.73 Å². The standard InChI is InChI=1S/C13H19N3O4S/c1-21(18,19)16-11-4-2-3-10(9-11)15-12(17)13(14)5-7-20-8-6-13/h2-4,9,16H,5-8,14H2,1H3,(H,15,17). The van der Waals surface area contributed by atoms with Crippen molar-refractivity contribution >= 4 is 27.3 Å². The Morgan fingerprint density at radius 3 is 2.52 bits per heavy atom. The molecule has 0 aromatic heterocycles. The maximum Gasteiger partial charge on any atom is 0.244 e. The molecular formula is C13H19N3O4S. The van der Waals surface area contributed by atoms with Gasteiger partial charge >= 0.3 is 0 Å². The number of benzene rings is 1. The number of nitrogens with two attached hydrogens (primary N) is 1. The molecule has 1 aliphatic rings. The highest BCUT2D eigenvalue weighted by molar-refractivity contribution is 7.92. The van der Waals surface area contributed by atoms with Crippen LogP contribution in [0.25, 0.3) is 0 Å². The van der Waals surface area contributed by atoms with Gasteiger partial charge in [0, 0.05) is 18.9 Å². The molecule has 1 aliphatic heterocycles. The number of anilines is 2. The van der Waals surface area contributed by atoms with Gasteiger partial charge in [0.2, 0.25) is 15.9 Å². The zero-order valence-corrected chi connectivity index (χ0v) is 12.6. The monoisotopic (exact) mass is 313 g/mol. The van der Waals surface area contributed by atoms with Gasteiger partial charge in [0.1, 0.15) is 5.54 Å². The molecule has 0 aliphatic carbocycles. The third-order valence-corrected chi connectivity index (χ3v) is 3.87. The number of carbonyl (C=O) groups excluding carboxylic acids is 1. The van der Waals surface area contributed by atoms with Gasteiger partial charge in [-0.05, 0) is 31.0 Å². The van der Waals surface area contributed by atoms with Gasteiger partial charge in [-0.25, -0.2) is 8.42 Å². The second-order valence-electron chi connectivity index (χ2n) is 5.18. The fraction of sp³-hybridized carbons (Fsp3) is 0.462. The van der Waals surface area contributed by atoms with Crippen molar-refractivity contribution in [3.63, 3.8) is 0 Å². The summed E-state index contributed by atoms with van der Waals surface area (Å²) in [6.45, 7) is 0.916. The summed E-state index contributed by atoms with van der Waals surface area (Å²) < 4.78 is 30.0. The number of amides is 1. The molecule has 1 amide bonds. The summed E-state index contributed by atoms with van der Waals surface area (Å²) >= 11 is 0. The van der Waals surface area contributed by atoms with Gasteiger partial charge in [-0.3, -0.25) is 9.52 Å². The largest absolute Gasteiger partial charge is 0.381 e. The van der Waals surface area contributed by atoms with Gasteiger partial charge < -0.3 is 15.8 Å². The molecule has 7 nitrogen and oxygen atoms in total. The van der Waals surface area contributed by atoms with E-state index in [1.165, 1.54) is 0 Å². The van der Waals surface area contributed by atoms with Gasteiger partial charge in [0.25, 0.3) is 0 Å². The van der Waals surface area contributed by atoms with Crippen LogP contribution in [0.4, 0.5) is 11.4 Å². The Bertz CT molecular complexity index is 624. The Morgan fingerprint density at radius 2 is 1.90 bits per heavy atom. The molecule has 0 unspecified atom stereocenters. The highest BCUT2D eigenvalue weighted by atomic mass is 32.2. The summed E-state index contributed by atoms with van der Waals surface area (Å²) in [5, 5.41) is 2.72. The lowest BCUT2D eigenvalue weighted by molar-refractivity contribution is -0.124. The zero-order valence-electron chi connectivity index (χ0n) is 11.8. The highest BCUT2D eigenvalue weighted by Crippen LogP contribution is 2.22. The molecule has 0 radical (unpaired) electrons.